The number of hydrogen-bond donors (Lipinski definition) is 0. The number of nitrogens with zero attached hydrogens (tertiary/aromatic N) is 1. The molecule has 3 nitrogen and oxygen atoms in total. The van der Waals surface area contributed by atoms with Crippen molar-refractivity contribution in [3.05, 3.63) is 0 Å². The molecule has 2 bridgehead atoms. The molecule has 0 radical (unpaired) electrons. The lowest BCUT2D eigenvalue weighted by molar-refractivity contribution is -0.0168. The second-order valence-electron chi connectivity index (χ2n) is 6.91. The molecule has 2 rings (SSSR count). The van der Waals surface area contributed by atoms with Crippen molar-refractivity contribution in [2.45, 2.75) is 89.8 Å². The second kappa shape index (κ2) is 4.75. The molecule has 2 atom stereocenters. The summed E-state index contributed by atoms with van der Waals surface area (Å²) in [6.45, 7) is 8.06. The molecule has 2 fully saturated rings. The molecular formula is C15H27NO2. The molecule has 0 spiro atoms. The van der Waals surface area contributed by atoms with Gasteiger partial charge in [0.25, 0.3) is 0 Å². The number of rotatable bonds is 2. The zero-order valence-corrected chi connectivity index (χ0v) is 12.3. The van der Waals surface area contributed by atoms with Crippen LogP contribution in [0, 0.1) is 0 Å². The standard InChI is InChI=1S/C15H27NO2/c1-5-9-15-10-6-7-12(8-11-15)16(15)13(17)18-14(2,3)4/h12H,5-11H2,1-4H3. The van der Waals surface area contributed by atoms with Gasteiger partial charge < -0.3 is 4.74 Å². The van der Waals surface area contributed by atoms with E-state index in [1.165, 1.54) is 19.3 Å². The normalized spacial score (nSPS) is 31.6. The van der Waals surface area contributed by atoms with Gasteiger partial charge in [0.15, 0.2) is 0 Å². The smallest absolute Gasteiger partial charge is 0.411 e. The van der Waals surface area contributed by atoms with Crippen molar-refractivity contribution in [2.75, 3.05) is 0 Å². The highest BCUT2D eigenvalue weighted by Gasteiger charge is 2.51. The summed E-state index contributed by atoms with van der Waals surface area (Å²) in [6, 6.07) is 0.431. The molecule has 2 aliphatic heterocycles. The lowest BCUT2D eigenvalue weighted by Crippen LogP contribution is -2.54. The van der Waals surface area contributed by atoms with Gasteiger partial charge in [0.2, 0.25) is 0 Å². The molecule has 104 valence electrons. The van der Waals surface area contributed by atoms with Gasteiger partial charge in [-0.3, -0.25) is 4.90 Å². The van der Waals surface area contributed by atoms with E-state index in [1.807, 2.05) is 20.8 Å². The Morgan fingerprint density at radius 1 is 1.33 bits per heavy atom. The molecule has 18 heavy (non-hydrogen) atoms. The maximum Gasteiger partial charge on any atom is 0.411 e. The minimum Gasteiger partial charge on any atom is -0.444 e. The first-order valence-corrected chi connectivity index (χ1v) is 7.40. The number of carbonyl (C=O) groups is 1. The minimum atomic E-state index is -0.388. The molecule has 0 aromatic rings. The quantitative estimate of drug-likeness (QED) is 0.741. The molecule has 1 amide bonds. The molecule has 3 heteroatoms. The predicted molar refractivity (Wildman–Crippen MR) is 72.6 cm³/mol. The zero-order valence-electron chi connectivity index (χ0n) is 12.3. The van der Waals surface area contributed by atoms with Crippen LogP contribution in [0.2, 0.25) is 0 Å². The van der Waals surface area contributed by atoms with Crippen molar-refractivity contribution < 1.29 is 9.53 Å². The van der Waals surface area contributed by atoms with Crippen LogP contribution < -0.4 is 0 Å². The van der Waals surface area contributed by atoms with Gasteiger partial charge in [0, 0.05) is 11.6 Å². The van der Waals surface area contributed by atoms with E-state index in [9.17, 15) is 4.79 Å². The van der Waals surface area contributed by atoms with E-state index >= 15 is 0 Å². The monoisotopic (exact) mass is 253 g/mol. The first-order chi connectivity index (χ1) is 8.38. The van der Waals surface area contributed by atoms with Gasteiger partial charge in [0.1, 0.15) is 5.60 Å². The summed E-state index contributed by atoms with van der Waals surface area (Å²) < 4.78 is 5.62. The fourth-order valence-corrected chi connectivity index (χ4v) is 3.75. The van der Waals surface area contributed by atoms with Gasteiger partial charge in [-0.15, -0.1) is 0 Å². The summed E-state index contributed by atoms with van der Waals surface area (Å²) in [5.41, 5.74) is -0.276. The van der Waals surface area contributed by atoms with Crippen LogP contribution in [0.3, 0.4) is 0 Å². The van der Waals surface area contributed by atoms with E-state index in [2.05, 4.69) is 11.8 Å². The van der Waals surface area contributed by atoms with Gasteiger partial charge in [0.05, 0.1) is 0 Å². The van der Waals surface area contributed by atoms with Gasteiger partial charge in [-0.2, -0.15) is 0 Å². The van der Waals surface area contributed by atoms with E-state index in [0.717, 1.165) is 25.7 Å². The Kier molecular flexibility index (Phi) is 3.61. The average molecular weight is 253 g/mol. The molecule has 0 N–H and O–H groups in total. The Morgan fingerprint density at radius 3 is 2.67 bits per heavy atom. The van der Waals surface area contributed by atoms with Crippen LogP contribution in [0.5, 0.6) is 0 Å². The highest BCUT2D eigenvalue weighted by Crippen LogP contribution is 2.47. The van der Waals surface area contributed by atoms with Crippen LogP contribution in [0.25, 0.3) is 0 Å². The summed E-state index contributed by atoms with van der Waals surface area (Å²) in [7, 11) is 0. The van der Waals surface area contributed by atoms with Crippen molar-refractivity contribution >= 4 is 6.09 Å². The summed E-state index contributed by atoms with van der Waals surface area (Å²) in [6.07, 6.45) is 8.11. The maximum atomic E-state index is 12.5. The van der Waals surface area contributed by atoms with Crippen molar-refractivity contribution in [3.63, 3.8) is 0 Å². The third-order valence-corrected chi connectivity index (χ3v) is 4.30. The molecule has 2 saturated heterocycles. The Labute approximate surface area is 111 Å². The van der Waals surface area contributed by atoms with E-state index < -0.39 is 0 Å². The van der Waals surface area contributed by atoms with Gasteiger partial charge in [-0.1, -0.05) is 13.3 Å². The Bertz CT molecular complexity index is 311. The summed E-state index contributed by atoms with van der Waals surface area (Å²) >= 11 is 0. The highest BCUT2D eigenvalue weighted by atomic mass is 16.6. The van der Waals surface area contributed by atoms with Crippen molar-refractivity contribution in [1.29, 1.82) is 0 Å². The fraction of sp³-hybridized carbons (Fsp3) is 0.933. The number of hydrogen-bond acceptors (Lipinski definition) is 2. The zero-order chi connectivity index (χ0) is 13.4. The average Bonchev–Trinajstić information content (AvgIpc) is 2.44. The number of piperidine rings is 1. The van der Waals surface area contributed by atoms with E-state index in [1.54, 1.807) is 0 Å². The van der Waals surface area contributed by atoms with Gasteiger partial charge in [-0.05, 0) is 59.3 Å². The summed E-state index contributed by atoms with van der Waals surface area (Å²) in [5, 5.41) is 0. The highest BCUT2D eigenvalue weighted by molar-refractivity contribution is 5.70. The predicted octanol–water partition coefficient (Wildman–Crippen LogP) is 4.11. The molecule has 2 unspecified atom stereocenters. The first kappa shape index (κ1) is 13.7. The van der Waals surface area contributed by atoms with Gasteiger partial charge in [-0.25, -0.2) is 4.79 Å². The third-order valence-electron chi connectivity index (χ3n) is 4.30. The van der Waals surface area contributed by atoms with Crippen LogP contribution in [-0.2, 0) is 4.74 Å². The van der Waals surface area contributed by atoms with Crippen LogP contribution in [0.1, 0.15) is 72.6 Å². The SMILES string of the molecule is CCCC12CCCC(CC1)N2C(=O)OC(C)(C)C. The number of amides is 1. The molecule has 2 aliphatic rings. The lowest BCUT2D eigenvalue weighted by atomic mass is 9.84. The lowest BCUT2D eigenvalue weighted by Gasteiger charge is -2.45. The molecule has 0 aromatic heterocycles. The summed E-state index contributed by atoms with van der Waals surface area (Å²) in [5.74, 6) is 0. The number of carbonyl (C=O) groups excluding carboxylic acids is 1. The van der Waals surface area contributed by atoms with Crippen molar-refractivity contribution in [2.24, 2.45) is 0 Å². The van der Waals surface area contributed by atoms with Crippen LogP contribution in [0.15, 0.2) is 0 Å². The number of fused-ring (bicyclic) bond motifs is 2. The van der Waals surface area contributed by atoms with Crippen LogP contribution >= 0.6 is 0 Å². The van der Waals surface area contributed by atoms with Gasteiger partial charge >= 0.3 is 6.09 Å². The Hall–Kier alpha value is -0.730. The van der Waals surface area contributed by atoms with E-state index in [0.29, 0.717) is 6.04 Å². The summed E-state index contributed by atoms with van der Waals surface area (Å²) in [4.78, 5) is 14.6. The largest absolute Gasteiger partial charge is 0.444 e. The second-order valence-corrected chi connectivity index (χ2v) is 6.91. The van der Waals surface area contributed by atoms with E-state index in [-0.39, 0.29) is 17.2 Å². The van der Waals surface area contributed by atoms with E-state index in [4.69, 9.17) is 4.74 Å². The third kappa shape index (κ3) is 2.50. The minimum absolute atomic E-state index is 0.0850. The first-order valence-electron chi connectivity index (χ1n) is 7.40. The Balaban J connectivity index is 2.16. The fourth-order valence-electron chi connectivity index (χ4n) is 3.75. The molecule has 0 saturated carbocycles. The molecule has 0 aliphatic carbocycles. The van der Waals surface area contributed by atoms with Crippen molar-refractivity contribution in [1.82, 2.24) is 4.90 Å². The maximum absolute atomic E-state index is 12.5. The van der Waals surface area contributed by atoms with Crippen LogP contribution in [0.4, 0.5) is 4.79 Å². The molecule has 2 heterocycles. The number of ether oxygens (including phenoxy) is 1. The molecular weight excluding hydrogens is 226 g/mol. The van der Waals surface area contributed by atoms with Crippen LogP contribution in [-0.4, -0.2) is 28.2 Å². The molecule has 0 aromatic carbocycles. The van der Waals surface area contributed by atoms with Crippen molar-refractivity contribution in [3.8, 4) is 0 Å². The Morgan fingerprint density at radius 2 is 2.06 bits per heavy atom. The topological polar surface area (TPSA) is 29.5 Å².